The van der Waals surface area contributed by atoms with Crippen molar-refractivity contribution in [3.05, 3.63) is 12.2 Å². The van der Waals surface area contributed by atoms with E-state index < -0.39 is 0 Å². The molecule has 0 aromatic rings. The lowest BCUT2D eigenvalue weighted by Gasteiger charge is -2.17. The molecule has 0 fully saturated rings. The van der Waals surface area contributed by atoms with Crippen LogP contribution in [-0.2, 0) is 9.53 Å². The van der Waals surface area contributed by atoms with E-state index in [0.29, 0.717) is 17.6 Å². The second kappa shape index (κ2) is 9.18. The summed E-state index contributed by atoms with van der Waals surface area (Å²) in [6.07, 6.45) is 8.62. The van der Waals surface area contributed by atoms with Crippen LogP contribution in [0.25, 0.3) is 0 Å². The topological polar surface area (TPSA) is 26.3 Å². The highest BCUT2D eigenvalue weighted by atomic mass is 16.5. The third-order valence-electron chi connectivity index (χ3n) is 2.90. The van der Waals surface area contributed by atoms with Gasteiger partial charge < -0.3 is 4.74 Å². The van der Waals surface area contributed by atoms with Crippen LogP contribution in [0.3, 0.4) is 0 Å². The Balaban J connectivity index is 3.22. The van der Waals surface area contributed by atoms with Gasteiger partial charge in [0, 0.05) is 5.57 Å². The average molecular weight is 254 g/mol. The van der Waals surface area contributed by atoms with Crippen molar-refractivity contribution in [3.63, 3.8) is 0 Å². The highest BCUT2D eigenvalue weighted by Crippen LogP contribution is 2.22. The van der Waals surface area contributed by atoms with Gasteiger partial charge in [0.05, 0.1) is 6.61 Å². The Labute approximate surface area is 113 Å². The van der Waals surface area contributed by atoms with Crippen molar-refractivity contribution in [3.8, 4) is 0 Å². The number of unbranched alkanes of at least 4 members (excludes halogenated alkanes) is 5. The fraction of sp³-hybridized carbons (Fsp3) is 0.812. The van der Waals surface area contributed by atoms with E-state index in [1.807, 2.05) is 0 Å². The van der Waals surface area contributed by atoms with Crippen molar-refractivity contribution in [1.29, 1.82) is 0 Å². The summed E-state index contributed by atoms with van der Waals surface area (Å²) >= 11 is 0. The Morgan fingerprint density at radius 2 is 1.50 bits per heavy atom. The lowest BCUT2D eigenvalue weighted by atomic mass is 9.89. The standard InChI is InChI=1S/C16H30O2/c1-14(2)15(17)18-13-11-9-7-6-8-10-12-16(3,4)5/h1,6-13H2,2-5H3. The summed E-state index contributed by atoms with van der Waals surface area (Å²) in [7, 11) is 0. The van der Waals surface area contributed by atoms with Crippen LogP contribution in [0.4, 0.5) is 0 Å². The van der Waals surface area contributed by atoms with Crippen LogP contribution in [0, 0.1) is 5.41 Å². The quantitative estimate of drug-likeness (QED) is 0.333. The average Bonchev–Trinajstić information content (AvgIpc) is 2.24. The van der Waals surface area contributed by atoms with Gasteiger partial charge in [0.25, 0.3) is 0 Å². The zero-order chi connectivity index (χ0) is 14.0. The molecular formula is C16H30O2. The molecule has 0 aliphatic carbocycles. The van der Waals surface area contributed by atoms with Crippen molar-refractivity contribution < 1.29 is 9.53 Å². The summed E-state index contributed by atoms with van der Waals surface area (Å²) in [6.45, 7) is 12.6. The van der Waals surface area contributed by atoms with E-state index in [-0.39, 0.29) is 5.97 Å². The summed E-state index contributed by atoms with van der Waals surface area (Å²) < 4.78 is 5.04. The smallest absolute Gasteiger partial charge is 0.333 e. The van der Waals surface area contributed by atoms with E-state index in [1.54, 1.807) is 6.92 Å². The van der Waals surface area contributed by atoms with Crippen LogP contribution in [0.5, 0.6) is 0 Å². The van der Waals surface area contributed by atoms with Crippen LogP contribution >= 0.6 is 0 Å². The molecule has 0 N–H and O–H groups in total. The number of carbonyl (C=O) groups excluding carboxylic acids is 1. The maximum absolute atomic E-state index is 11.1. The number of esters is 1. The van der Waals surface area contributed by atoms with Gasteiger partial charge in [0.1, 0.15) is 0 Å². The zero-order valence-corrected chi connectivity index (χ0v) is 12.7. The Bertz CT molecular complexity index is 248. The van der Waals surface area contributed by atoms with Gasteiger partial charge in [-0.05, 0) is 25.2 Å². The Morgan fingerprint density at radius 3 is 2.00 bits per heavy atom. The largest absolute Gasteiger partial charge is 0.462 e. The van der Waals surface area contributed by atoms with Crippen molar-refractivity contribution >= 4 is 5.97 Å². The van der Waals surface area contributed by atoms with Crippen LogP contribution in [-0.4, -0.2) is 12.6 Å². The minimum atomic E-state index is -0.264. The van der Waals surface area contributed by atoms with E-state index in [1.165, 1.54) is 32.1 Å². The molecule has 2 heteroatoms. The molecule has 0 aliphatic heterocycles. The fourth-order valence-electron chi connectivity index (χ4n) is 1.75. The first-order valence-electron chi connectivity index (χ1n) is 7.15. The SMILES string of the molecule is C=C(C)C(=O)OCCCCCCCCC(C)(C)C. The second-order valence-electron chi connectivity index (χ2n) is 6.35. The molecule has 0 spiro atoms. The highest BCUT2D eigenvalue weighted by Gasteiger charge is 2.08. The van der Waals surface area contributed by atoms with E-state index >= 15 is 0 Å². The number of hydrogen-bond acceptors (Lipinski definition) is 2. The molecule has 0 aromatic carbocycles. The summed E-state index contributed by atoms with van der Waals surface area (Å²) in [5, 5.41) is 0. The minimum absolute atomic E-state index is 0.264. The zero-order valence-electron chi connectivity index (χ0n) is 12.7. The first-order chi connectivity index (χ1) is 8.33. The molecule has 0 unspecified atom stereocenters. The van der Waals surface area contributed by atoms with Crippen molar-refractivity contribution in [2.75, 3.05) is 6.61 Å². The van der Waals surface area contributed by atoms with E-state index in [2.05, 4.69) is 27.4 Å². The molecule has 0 aromatic heterocycles. The molecule has 0 bridgehead atoms. The molecule has 18 heavy (non-hydrogen) atoms. The van der Waals surface area contributed by atoms with Crippen molar-refractivity contribution in [2.24, 2.45) is 5.41 Å². The molecule has 0 heterocycles. The first-order valence-corrected chi connectivity index (χ1v) is 7.15. The van der Waals surface area contributed by atoms with Crippen LogP contribution in [0.1, 0.15) is 72.6 Å². The fourth-order valence-corrected chi connectivity index (χ4v) is 1.75. The summed E-state index contributed by atoms with van der Waals surface area (Å²) in [4.78, 5) is 11.1. The van der Waals surface area contributed by atoms with Gasteiger partial charge >= 0.3 is 5.97 Å². The van der Waals surface area contributed by atoms with Crippen LogP contribution < -0.4 is 0 Å². The van der Waals surface area contributed by atoms with Crippen LogP contribution in [0.2, 0.25) is 0 Å². The molecule has 0 atom stereocenters. The first kappa shape index (κ1) is 17.2. The third kappa shape index (κ3) is 11.7. The maximum Gasteiger partial charge on any atom is 0.333 e. The van der Waals surface area contributed by atoms with E-state index in [9.17, 15) is 4.79 Å². The molecule has 0 saturated carbocycles. The summed E-state index contributed by atoms with van der Waals surface area (Å²) in [5.41, 5.74) is 0.952. The molecule has 2 nitrogen and oxygen atoms in total. The lowest BCUT2D eigenvalue weighted by molar-refractivity contribution is -0.139. The Hall–Kier alpha value is -0.790. The summed E-state index contributed by atoms with van der Waals surface area (Å²) in [5.74, 6) is -0.264. The minimum Gasteiger partial charge on any atom is -0.462 e. The van der Waals surface area contributed by atoms with Crippen LogP contribution in [0.15, 0.2) is 12.2 Å². The second-order valence-corrected chi connectivity index (χ2v) is 6.35. The van der Waals surface area contributed by atoms with Crippen molar-refractivity contribution in [1.82, 2.24) is 0 Å². The molecule has 0 amide bonds. The maximum atomic E-state index is 11.1. The van der Waals surface area contributed by atoms with Gasteiger partial charge in [-0.1, -0.05) is 59.5 Å². The van der Waals surface area contributed by atoms with Gasteiger partial charge in [0.15, 0.2) is 0 Å². The predicted octanol–water partition coefficient (Wildman–Crippen LogP) is 4.88. The molecular weight excluding hydrogens is 224 g/mol. The highest BCUT2D eigenvalue weighted by molar-refractivity contribution is 5.86. The molecule has 106 valence electrons. The van der Waals surface area contributed by atoms with Gasteiger partial charge in [-0.15, -0.1) is 0 Å². The van der Waals surface area contributed by atoms with Gasteiger partial charge in [-0.3, -0.25) is 0 Å². The van der Waals surface area contributed by atoms with E-state index in [0.717, 1.165) is 12.8 Å². The molecule has 0 radical (unpaired) electrons. The lowest BCUT2D eigenvalue weighted by Crippen LogP contribution is -2.06. The third-order valence-corrected chi connectivity index (χ3v) is 2.90. The number of rotatable bonds is 9. The number of carbonyl (C=O) groups is 1. The Morgan fingerprint density at radius 1 is 1.00 bits per heavy atom. The Kier molecular flexibility index (Phi) is 8.78. The molecule has 0 saturated heterocycles. The van der Waals surface area contributed by atoms with Crippen molar-refractivity contribution in [2.45, 2.75) is 72.6 Å². The van der Waals surface area contributed by atoms with Gasteiger partial charge in [-0.2, -0.15) is 0 Å². The number of hydrogen-bond donors (Lipinski definition) is 0. The van der Waals surface area contributed by atoms with Gasteiger partial charge in [-0.25, -0.2) is 4.79 Å². The number of ether oxygens (including phenoxy) is 1. The summed E-state index contributed by atoms with van der Waals surface area (Å²) in [6, 6.07) is 0. The molecule has 0 rings (SSSR count). The van der Waals surface area contributed by atoms with Gasteiger partial charge in [0.2, 0.25) is 0 Å². The molecule has 0 aliphatic rings. The predicted molar refractivity (Wildman–Crippen MR) is 77.5 cm³/mol. The van der Waals surface area contributed by atoms with E-state index in [4.69, 9.17) is 4.74 Å². The monoisotopic (exact) mass is 254 g/mol. The normalized spacial score (nSPS) is 11.3.